The first-order valence-electron chi connectivity index (χ1n) is 4.93. The fraction of sp³-hybridized carbons (Fsp3) is 0.250. The monoisotopic (exact) mass is 254 g/mol. The third-order valence-electron chi connectivity index (χ3n) is 2.22. The van der Waals surface area contributed by atoms with E-state index in [1.165, 1.54) is 19.1 Å². The molecule has 0 spiro atoms. The minimum atomic E-state index is -1.09. The van der Waals surface area contributed by atoms with Gasteiger partial charge in [-0.15, -0.1) is 11.6 Å². The molecular weight excluding hydrogens is 244 g/mol. The van der Waals surface area contributed by atoms with Gasteiger partial charge in [0.05, 0.1) is 0 Å². The molecule has 0 saturated heterocycles. The van der Waals surface area contributed by atoms with Crippen molar-refractivity contribution in [2.75, 3.05) is 0 Å². The summed E-state index contributed by atoms with van der Waals surface area (Å²) in [5.74, 6) is -2.17. The summed E-state index contributed by atoms with van der Waals surface area (Å²) in [5.41, 5.74) is 0.996. The molecule has 5 heteroatoms. The molecule has 0 bridgehead atoms. The largest absolute Gasteiger partial charge is 0.480 e. The molecule has 1 atom stereocenters. The van der Waals surface area contributed by atoms with E-state index in [1.807, 2.05) is 0 Å². The maximum Gasteiger partial charge on any atom is 0.321 e. The van der Waals surface area contributed by atoms with Gasteiger partial charge in [-0.05, 0) is 12.0 Å². The van der Waals surface area contributed by atoms with Gasteiger partial charge in [0.25, 0.3) is 0 Å². The molecule has 1 aromatic rings. The fourth-order valence-corrected chi connectivity index (χ4v) is 1.47. The number of carboxylic acids is 1. The summed E-state index contributed by atoms with van der Waals surface area (Å²) in [4.78, 5) is 32.7. The van der Waals surface area contributed by atoms with Crippen LogP contribution < -0.4 is 0 Å². The highest BCUT2D eigenvalue weighted by Gasteiger charge is 2.15. The lowest BCUT2D eigenvalue weighted by molar-refractivity contribution is -0.136. The number of carboxylic acid groups (broad SMARTS) is 1. The van der Waals surface area contributed by atoms with Gasteiger partial charge in [0, 0.05) is 12.5 Å². The Balaban J connectivity index is 2.78. The molecule has 0 aliphatic rings. The Kier molecular flexibility index (Phi) is 4.40. The smallest absolute Gasteiger partial charge is 0.321 e. The molecular formula is C12H11ClO4. The second-order valence-electron chi connectivity index (χ2n) is 3.59. The molecule has 4 nitrogen and oxygen atoms in total. The van der Waals surface area contributed by atoms with Gasteiger partial charge in [-0.1, -0.05) is 24.3 Å². The van der Waals surface area contributed by atoms with Gasteiger partial charge in [-0.3, -0.25) is 14.4 Å². The first-order chi connectivity index (χ1) is 7.91. The number of Topliss-reactive ketones (excluding diaryl/α,β-unsaturated/α-hetero) is 2. The molecule has 0 amide bonds. The zero-order valence-electron chi connectivity index (χ0n) is 9.14. The van der Waals surface area contributed by atoms with Gasteiger partial charge in [0.15, 0.2) is 5.78 Å². The van der Waals surface area contributed by atoms with E-state index in [9.17, 15) is 14.4 Å². The molecule has 0 aliphatic heterocycles. The maximum atomic E-state index is 11.3. The van der Waals surface area contributed by atoms with Crippen LogP contribution in [0.2, 0.25) is 0 Å². The molecule has 0 heterocycles. The second-order valence-corrected chi connectivity index (χ2v) is 4.12. The standard InChI is InChI=1S/C12H11ClO4/c1-7(14)11(15)9-4-2-8(3-5-9)6-10(13)12(16)17/h2-5,10H,6H2,1H3,(H,16,17). The third-order valence-corrected chi connectivity index (χ3v) is 2.56. The van der Waals surface area contributed by atoms with Crippen molar-refractivity contribution < 1.29 is 19.5 Å². The van der Waals surface area contributed by atoms with Crippen LogP contribution in [0, 0.1) is 0 Å². The molecule has 1 unspecified atom stereocenters. The highest BCUT2D eigenvalue weighted by molar-refractivity contribution is 6.42. The topological polar surface area (TPSA) is 71.4 Å². The molecule has 0 saturated carbocycles. The van der Waals surface area contributed by atoms with Crippen molar-refractivity contribution in [1.29, 1.82) is 0 Å². The average molecular weight is 255 g/mol. The van der Waals surface area contributed by atoms with Gasteiger partial charge in [-0.2, -0.15) is 0 Å². The van der Waals surface area contributed by atoms with Crippen LogP contribution in [0.4, 0.5) is 0 Å². The van der Waals surface area contributed by atoms with Crippen molar-refractivity contribution in [2.45, 2.75) is 18.7 Å². The van der Waals surface area contributed by atoms with Crippen molar-refractivity contribution in [3.05, 3.63) is 35.4 Å². The highest BCUT2D eigenvalue weighted by Crippen LogP contribution is 2.11. The van der Waals surface area contributed by atoms with Crippen molar-refractivity contribution >= 4 is 29.1 Å². The number of halogens is 1. The lowest BCUT2D eigenvalue weighted by atomic mass is 10.0. The quantitative estimate of drug-likeness (QED) is 0.493. The number of rotatable bonds is 5. The van der Waals surface area contributed by atoms with Crippen LogP contribution in [-0.2, 0) is 16.0 Å². The number of carbonyl (C=O) groups is 3. The number of hydrogen-bond donors (Lipinski definition) is 1. The van der Waals surface area contributed by atoms with Crippen LogP contribution >= 0.6 is 11.6 Å². The zero-order valence-corrected chi connectivity index (χ0v) is 9.90. The number of benzene rings is 1. The van der Waals surface area contributed by atoms with Crippen molar-refractivity contribution in [2.24, 2.45) is 0 Å². The van der Waals surface area contributed by atoms with Gasteiger partial charge < -0.3 is 5.11 Å². The zero-order chi connectivity index (χ0) is 13.0. The Hall–Kier alpha value is -1.68. The Morgan fingerprint density at radius 2 is 1.76 bits per heavy atom. The predicted molar refractivity (Wildman–Crippen MR) is 62.4 cm³/mol. The van der Waals surface area contributed by atoms with Crippen molar-refractivity contribution in [3.63, 3.8) is 0 Å². The van der Waals surface area contributed by atoms with Crippen LogP contribution in [0.25, 0.3) is 0 Å². The van der Waals surface area contributed by atoms with Crippen molar-refractivity contribution in [1.82, 2.24) is 0 Å². The summed E-state index contributed by atoms with van der Waals surface area (Å²) < 4.78 is 0. The van der Waals surface area contributed by atoms with E-state index < -0.39 is 22.9 Å². The fourth-order valence-electron chi connectivity index (χ4n) is 1.29. The van der Waals surface area contributed by atoms with Gasteiger partial charge in [0.2, 0.25) is 5.78 Å². The number of alkyl halides is 1. The highest BCUT2D eigenvalue weighted by atomic mass is 35.5. The minimum absolute atomic E-state index is 0.172. The van der Waals surface area contributed by atoms with Gasteiger partial charge in [-0.25, -0.2) is 0 Å². The maximum absolute atomic E-state index is 11.3. The van der Waals surface area contributed by atoms with Gasteiger partial charge >= 0.3 is 5.97 Å². The summed E-state index contributed by atoms with van der Waals surface area (Å²) in [6.07, 6.45) is 0.172. The Bertz CT molecular complexity index is 450. The Labute approximate surface area is 103 Å². The van der Waals surface area contributed by atoms with Crippen LogP contribution in [0.3, 0.4) is 0 Å². The molecule has 90 valence electrons. The van der Waals surface area contributed by atoms with E-state index in [4.69, 9.17) is 16.7 Å². The SMILES string of the molecule is CC(=O)C(=O)c1ccc(CC(Cl)C(=O)O)cc1. The molecule has 0 fully saturated rings. The molecule has 1 rings (SSSR count). The molecule has 0 aromatic heterocycles. The average Bonchev–Trinajstić information content (AvgIpc) is 2.28. The molecule has 0 aliphatic carbocycles. The Morgan fingerprint density at radius 1 is 1.24 bits per heavy atom. The third kappa shape index (κ3) is 3.67. The van der Waals surface area contributed by atoms with E-state index in [1.54, 1.807) is 12.1 Å². The first-order valence-corrected chi connectivity index (χ1v) is 5.36. The summed E-state index contributed by atoms with van der Waals surface area (Å²) >= 11 is 5.58. The van der Waals surface area contributed by atoms with Crippen LogP contribution in [0.5, 0.6) is 0 Å². The summed E-state index contributed by atoms with van der Waals surface area (Å²) in [6.45, 7) is 1.20. The second kappa shape index (κ2) is 5.59. The number of ketones is 2. The molecule has 0 radical (unpaired) electrons. The normalized spacial score (nSPS) is 11.9. The van der Waals surface area contributed by atoms with E-state index in [0.29, 0.717) is 11.1 Å². The lowest BCUT2D eigenvalue weighted by Gasteiger charge is -2.05. The van der Waals surface area contributed by atoms with E-state index >= 15 is 0 Å². The molecule has 17 heavy (non-hydrogen) atoms. The van der Waals surface area contributed by atoms with Crippen LogP contribution in [0.15, 0.2) is 24.3 Å². The lowest BCUT2D eigenvalue weighted by Crippen LogP contribution is -2.16. The van der Waals surface area contributed by atoms with Crippen LogP contribution in [-0.4, -0.2) is 28.0 Å². The van der Waals surface area contributed by atoms with E-state index in [0.717, 1.165) is 0 Å². The summed E-state index contributed by atoms with van der Waals surface area (Å²) in [7, 11) is 0. The number of aliphatic carboxylic acids is 1. The van der Waals surface area contributed by atoms with Crippen LogP contribution in [0.1, 0.15) is 22.8 Å². The Morgan fingerprint density at radius 3 is 2.18 bits per heavy atom. The predicted octanol–water partition coefficient (Wildman–Crippen LogP) is 1.69. The van der Waals surface area contributed by atoms with Gasteiger partial charge in [0.1, 0.15) is 5.38 Å². The number of carbonyl (C=O) groups excluding carboxylic acids is 2. The summed E-state index contributed by atoms with van der Waals surface area (Å²) in [6, 6.07) is 6.16. The van der Waals surface area contributed by atoms with E-state index in [-0.39, 0.29) is 6.42 Å². The van der Waals surface area contributed by atoms with Crippen molar-refractivity contribution in [3.8, 4) is 0 Å². The molecule has 1 N–H and O–H groups in total. The van der Waals surface area contributed by atoms with E-state index in [2.05, 4.69) is 0 Å². The molecule has 1 aromatic carbocycles. The number of hydrogen-bond acceptors (Lipinski definition) is 3. The first kappa shape index (κ1) is 13.4. The summed E-state index contributed by atoms with van der Waals surface area (Å²) in [5, 5.41) is 7.63. The minimum Gasteiger partial charge on any atom is -0.480 e.